The van der Waals surface area contributed by atoms with Crippen molar-refractivity contribution in [2.45, 2.75) is 20.3 Å². The van der Waals surface area contributed by atoms with Crippen LogP contribution in [-0.2, 0) is 4.74 Å². The largest absolute Gasteiger partial charge is 0.445 e. The summed E-state index contributed by atoms with van der Waals surface area (Å²) in [5.41, 5.74) is 0.859. The smallest absolute Gasteiger partial charge is 0.410 e. The van der Waals surface area contributed by atoms with Crippen LogP contribution in [0.15, 0.2) is 37.0 Å². The van der Waals surface area contributed by atoms with E-state index in [-0.39, 0.29) is 12.7 Å². The van der Waals surface area contributed by atoms with Gasteiger partial charge < -0.3 is 9.64 Å². The molecule has 0 saturated carbocycles. The molecule has 1 rings (SSSR count). The molecule has 0 N–H and O–H groups in total. The SMILES string of the molecule is C=C/C=C(\C=C)COC(=O)N1CC(C(C)CC)C1. The molecule has 0 aromatic rings. The number of allylic oxidation sites excluding steroid dienone is 2. The number of hydrogen-bond donors (Lipinski definition) is 0. The second kappa shape index (κ2) is 7.04. The lowest BCUT2D eigenvalue weighted by Gasteiger charge is -2.41. The number of amides is 1. The van der Waals surface area contributed by atoms with Crippen LogP contribution in [-0.4, -0.2) is 30.7 Å². The van der Waals surface area contributed by atoms with E-state index in [4.69, 9.17) is 4.74 Å². The van der Waals surface area contributed by atoms with Gasteiger partial charge >= 0.3 is 6.09 Å². The minimum absolute atomic E-state index is 0.230. The van der Waals surface area contributed by atoms with Gasteiger partial charge in [0.15, 0.2) is 0 Å². The summed E-state index contributed by atoms with van der Waals surface area (Å²) in [6.07, 6.45) is 6.06. The quantitative estimate of drug-likeness (QED) is 0.675. The highest BCUT2D eigenvalue weighted by molar-refractivity contribution is 5.68. The maximum atomic E-state index is 11.7. The molecule has 100 valence electrons. The number of rotatable bonds is 6. The van der Waals surface area contributed by atoms with Gasteiger partial charge in [-0.3, -0.25) is 0 Å². The van der Waals surface area contributed by atoms with E-state index in [1.807, 2.05) is 0 Å². The number of carbonyl (C=O) groups excluding carboxylic acids is 1. The lowest BCUT2D eigenvalue weighted by molar-refractivity contribution is 0.0404. The molecule has 1 unspecified atom stereocenters. The fraction of sp³-hybridized carbons (Fsp3) is 0.533. The Bertz CT molecular complexity index is 340. The summed E-state index contributed by atoms with van der Waals surface area (Å²) in [7, 11) is 0. The van der Waals surface area contributed by atoms with Crippen LogP contribution < -0.4 is 0 Å². The fourth-order valence-corrected chi connectivity index (χ4v) is 1.92. The van der Waals surface area contributed by atoms with E-state index in [2.05, 4.69) is 27.0 Å². The van der Waals surface area contributed by atoms with E-state index in [0.717, 1.165) is 25.1 Å². The summed E-state index contributed by atoms with van der Waals surface area (Å²) in [6, 6.07) is 0. The molecule has 1 saturated heterocycles. The normalized spacial score (nSPS) is 17.9. The van der Waals surface area contributed by atoms with Gasteiger partial charge in [0, 0.05) is 13.1 Å². The van der Waals surface area contributed by atoms with Crippen molar-refractivity contribution in [3.63, 3.8) is 0 Å². The predicted octanol–water partition coefficient (Wildman–Crippen LogP) is 3.40. The molecule has 1 atom stereocenters. The van der Waals surface area contributed by atoms with Gasteiger partial charge in [-0.25, -0.2) is 4.79 Å². The van der Waals surface area contributed by atoms with Crippen molar-refractivity contribution < 1.29 is 9.53 Å². The van der Waals surface area contributed by atoms with Gasteiger partial charge in [0.05, 0.1) is 0 Å². The van der Waals surface area contributed by atoms with Gasteiger partial charge in [-0.15, -0.1) is 0 Å². The van der Waals surface area contributed by atoms with Gasteiger partial charge in [-0.05, 0) is 17.4 Å². The van der Waals surface area contributed by atoms with E-state index in [9.17, 15) is 4.79 Å². The number of nitrogens with zero attached hydrogens (tertiary/aromatic N) is 1. The molecule has 0 spiro atoms. The molecule has 0 aliphatic carbocycles. The van der Waals surface area contributed by atoms with Crippen molar-refractivity contribution in [3.8, 4) is 0 Å². The van der Waals surface area contributed by atoms with Gasteiger partial charge in [-0.2, -0.15) is 0 Å². The first-order valence-corrected chi connectivity index (χ1v) is 6.48. The van der Waals surface area contributed by atoms with E-state index >= 15 is 0 Å². The van der Waals surface area contributed by atoms with Crippen LogP contribution in [0.2, 0.25) is 0 Å². The van der Waals surface area contributed by atoms with Gasteiger partial charge in [0.25, 0.3) is 0 Å². The maximum Gasteiger partial charge on any atom is 0.410 e. The van der Waals surface area contributed by atoms with E-state index < -0.39 is 0 Å². The third-order valence-corrected chi connectivity index (χ3v) is 3.57. The molecule has 1 aliphatic rings. The van der Waals surface area contributed by atoms with Crippen LogP contribution in [0.1, 0.15) is 20.3 Å². The molecule has 0 aromatic carbocycles. The molecule has 18 heavy (non-hydrogen) atoms. The Morgan fingerprint density at radius 3 is 2.67 bits per heavy atom. The van der Waals surface area contributed by atoms with Crippen LogP contribution in [0.5, 0.6) is 0 Å². The van der Waals surface area contributed by atoms with E-state index in [0.29, 0.717) is 11.8 Å². The third kappa shape index (κ3) is 3.76. The highest BCUT2D eigenvalue weighted by atomic mass is 16.6. The fourth-order valence-electron chi connectivity index (χ4n) is 1.92. The van der Waals surface area contributed by atoms with Gasteiger partial charge in [0.2, 0.25) is 0 Å². The minimum atomic E-state index is -0.230. The Labute approximate surface area is 110 Å². The first-order chi connectivity index (χ1) is 8.62. The van der Waals surface area contributed by atoms with Crippen LogP contribution in [0.3, 0.4) is 0 Å². The molecule has 3 heteroatoms. The van der Waals surface area contributed by atoms with E-state index in [1.54, 1.807) is 23.1 Å². The Morgan fingerprint density at radius 1 is 1.50 bits per heavy atom. The zero-order chi connectivity index (χ0) is 13.5. The van der Waals surface area contributed by atoms with Crippen molar-refractivity contribution in [2.24, 2.45) is 11.8 Å². The molecule has 0 aromatic heterocycles. The van der Waals surface area contributed by atoms with Crippen molar-refractivity contribution >= 4 is 6.09 Å². The average Bonchev–Trinajstić information content (AvgIpc) is 2.32. The van der Waals surface area contributed by atoms with Crippen LogP contribution >= 0.6 is 0 Å². The minimum Gasteiger partial charge on any atom is -0.445 e. The Hall–Kier alpha value is -1.51. The summed E-state index contributed by atoms with van der Waals surface area (Å²) in [6.45, 7) is 13.6. The molecule has 1 heterocycles. The summed E-state index contributed by atoms with van der Waals surface area (Å²) in [5, 5.41) is 0. The second-order valence-electron chi connectivity index (χ2n) is 4.79. The highest BCUT2D eigenvalue weighted by Crippen LogP contribution is 2.26. The lowest BCUT2D eigenvalue weighted by atomic mass is 9.86. The molecular formula is C15H23NO2. The zero-order valence-electron chi connectivity index (χ0n) is 11.4. The van der Waals surface area contributed by atoms with Crippen LogP contribution in [0.25, 0.3) is 0 Å². The van der Waals surface area contributed by atoms with Crippen LogP contribution in [0, 0.1) is 11.8 Å². The molecular weight excluding hydrogens is 226 g/mol. The summed E-state index contributed by atoms with van der Waals surface area (Å²) >= 11 is 0. The third-order valence-electron chi connectivity index (χ3n) is 3.57. The average molecular weight is 249 g/mol. The molecule has 0 radical (unpaired) electrons. The Morgan fingerprint density at radius 2 is 2.17 bits per heavy atom. The topological polar surface area (TPSA) is 29.5 Å². The predicted molar refractivity (Wildman–Crippen MR) is 74.3 cm³/mol. The summed E-state index contributed by atoms with van der Waals surface area (Å²) in [4.78, 5) is 13.5. The molecule has 1 amide bonds. The highest BCUT2D eigenvalue weighted by Gasteiger charge is 2.34. The Balaban J connectivity index is 2.30. The first kappa shape index (κ1) is 14.6. The summed E-state index contributed by atoms with van der Waals surface area (Å²) < 4.78 is 5.21. The van der Waals surface area contributed by atoms with Crippen molar-refractivity contribution in [2.75, 3.05) is 19.7 Å². The number of ether oxygens (including phenoxy) is 1. The van der Waals surface area contributed by atoms with Crippen molar-refractivity contribution in [3.05, 3.63) is 37.0 Å². The molecule has 1 aliphatic heterocycles. The number of hydrogen-bond acceptors (Lipinski definition) is 2. The van der Waals surface area contributed by atoms with E-state index in [1.165, 1.54) is 0 Å². The lowest BCUT2D eigenvalue weighted by Crippen LogP contribution is -2.52. The number of carbonyl (C=O) groups is 1. The molecule has 3 nitrogen and oxygen atoms in total. The maximum absolute atomic E-state index is 11.7. The van der Waals surface area contributed by atoms with Crippen molar-refractivity contribution in [1.82, 2.24) is 4.90 Å². The Kier molecular flexibility index (Phi) is 5.69. The van der Waals surface area contributed by atoms with Gasteiger partial charge in [-0.1, -0.05) is 51.7 Å². The molecule has 1 fully saturated rings. The first-order valence-electron chi connectivity index (χ1n) is 6.48. The van der Waals surface area contributed by atoms with Gasteiger partial charge in [0.1, 0.15) is 6.61 Å². The zero-order valence-corrected chi connectivity index (χ0v) is 11.4. The standard InChI is InChI=1S/C15H23NO2/c1-5-8-13(7-3)11-18-15(17)16-9-14(10-16)12(4)6-2/h5,7-8,12,14H,1,3,6,9-11H2,2,4H3/b13-8+. The monoisotopic (exact) mass is 249 g/mol. The second-order valence-corrected chi connectivity index (χ2v) is 4.79. The number of likely N-dealkylation sites (tertiary alicyclic amines) is 1. The van der Waals surface area contributed by atoms with Crippen molar-refractivity contribution in [1.29, 1.82) is 0 Å². The summed E-state index contributed by atoms with van der Waals surface area (Å²) in [5.74, 6) is 1.31. The van der Waals surface area contributed by atoms with Crippen LogP contribution in [0.4, 0.5) is 4.79 Å². The molecule has 0 bridgehead atoms.